The van der Waals surface area contributed by atoms with E-state index >= 15 is 0 Å². The third kappa shape index (κ3) is 2.87. The smallest absolute Gasteiger partial charge is 0.166 e. The molecule has 1 aromatic carbocycles. The molecule has 5 heteroatoms. The molecule has 0 N–H and O–H groups in total. The summed E-state index contributed by atoms with van der Waals surface area (Å²) >= 11 is 9.54. The van der Waals surface area contributed by atoms with Gasteiger partial charge < -0.3 is 0 Å². The van der Waals surface area contributed by atoms with E-state index in [1.807, 2.05) is 12.1 Å². The maximum absolute atomic E-state index is 12.2. The molecule has 0 amide bonds. The second kappa shape index (κ2) is 5.18. The summed E-state index contributed by atoms with van der Waals surface area (Å²) in [7, 11) is 0. The van der Waals surface area contributed by atoms with Gasteiger partial charge in [0.25, 0.3) is 0 Å². The average molecular weight is 366 g/mol. The molecule has 0 atom stereocenters. The summed E-state index contributed by atoms with van der Waals surface area (Å²) in [4.78, 5) is 21.1. The van der Waals surface area contributed by atoms with E-state index in [1.54, 1.807) is 12.3 Å². The van der Waals surface area contributed by atoms with Crippen LogP contribution in [0.1, 0.15) is 36.3 Å². The Morgan fingerprint density at radius 3 is 2.76 bits per heavy atom. The number of hydrogen-bond donors (Lipinski definition) is 0. The Labute approximate surface area is 136 Å². The molecule has 1 heterocycles. The molecule has 108 valence electrons. The van der Waals surface area contributed by atoms with Crippen molar-refractivity contribution in [2.75, 3.05) is 0 Å². The highest BCUT2D eigenvalue weighted by atomic mass is 79.9. The van der Waals surface area contributed by atoms with Gasteiger partial charge in [-0.25, -0.2) is 9.97 Å². The highest BCUT2D eigenvalue weighted by molar-refractivity contribution is 9.10. The molecule has 3 nitrogen and oxygen atoms in total. The van der Waals surface area contributed by atoms with Crippen LogP contribution < -0.4 is 0 Å². The number of nitrogens with zero attached hydrogens (tertiary/aromatic N) is 2. The molecule has 0 radical (unpaired) electrons. The Hall–Kier alpha value is -1.26. The lowest BCUT2D eigenvalue weighted by atomic mass is 9.76. The molecule has 1 aromatic heterocycles. The fourth-order valence-corrected chi connectivity index (χ4v) is 3.23. The number of hydrogen-bond acceptors (Lipinski definition) is 3. The highest BCUT2D eigenvalue weighted by Crippen LogP contribution is 2.35. The van der Waals surface area contributed by atoms with Crippen LogP contribution in [0.5, 0.6) is 0 Å². The lowest BCUT2D eigenvalue weighted by Crippen LogP contribution is -2.28. The summed E-state index contributed by atoms with van der Waals surface area (Å²) in [6.45, 7) is 4.18. The molecule has 0 aliphatic heterocycles. The van der Waals surface area contributed by atoms with Crippen LogP contribution in [0.25, 0.3) is 11.4 Å². The molecule has 3 rings (SSSR count). The molecule has 0 spiro atoms. The van der Waals surface area contributed by atoms with Gasteiger partial charge in [-0.05, 0) is 30.0 Å². The normalized spacial score (nSPS) is 16.7. The predicted molar refractivity (Wildman–Crippen MR) is 86.6 cm³/mol. The zero-order chi connectivity index (χ0) is 15.2. The quantitative estimate of drug-likeness (QED) is 0.734. The van der Waals surface area contributed by atoms with Crippen molar-refractivity contribution in [3.63, 3.8) is 0 Å². The Kier molecular flexibility index (Phi) is 3.62. The van der Waals surface area contributed by atoms with Gasteiger partial charge in [0, 0.05) is 27.7 Å². The summed E-state index contributed by atoms with van der Waals surface area (Å²) in [5, 5.41) is 0.630. The van der Waals surface area contributed by atoms with Crippen LogP contribution in [0.4, 0.5) is 0 Å². The van der Waals surface area contributed by atoms with Gasteiger partial charge in [-0.15, -0.1) is 0 Å². The van der Waals surface area contributed by atoms with Crippen LogP contribution >= 0.6 is 27.5 Å². The van der Waals surface area contributed by atoms with Gasteiger partial charge in [-0.3, -0.25) is 4.79 Å². The van der Waals surface area contributed by atoms with Gasteiger partial charge in [0.05, 0.1) is 11.3 Å². The van der Waals surface area contributed by atoms with Crippen LogP contribution in [0, 0.1) is 5.41 Å². The first-order valence-corrected chi connectivity index (χ1v) is 7.87. The monoisotopic (exact) mass is 364 g/mol. The molecule has 0 bridgehead atoms. The first-order chi connectivity index (χ1) is 9.85. The number of ketones is 1. The summed E-state index contributed by atoms with van der Waals surface area (Å²) in [5.74, 6) is 0.714. The summed E-state index contributed by atoms with van der Waals surface area (Å²) < 4.78 is 0.883. The summed E-state index contributed by atoms with van der Waals surface area (Å²) in [6.07, 6.45) is 2.97. The van der Waals surface area contributed by atoms with Gasteiger partial charge in [-0.1, -0.05) is 41.4 Å². The van der Waals surface area contributed by atoms with Crippen molar-refractivity contribution in [1.29, 1.82) is 0 Å². The summed E-state index contributed by atoms with van der Waals surface area (Å²) in [6, 6.07) is 5.50. The minimum absolute atomic E-state index is 0.0543. The molecule has 21 heavy (non-hydrogen) atoms. The number of rotatable bonds is 1. The highest BCUT2D eigenvalue weighted by Gasteiger charge is 2.32. The molecule has 1 aliphatic carbocycles. The van der Waals surface area contributed by atoms with Gasteiger partial charge >= 0.3 is 0 Å². The number of fused-ring (bicyclic) bond motifs is 1. The van der Waals surface area contributed by atoms with Crippen LogP contribution in [0.2, 0.25) is 5.02 Å². The van der Waals surface area contributed by atoms with Gasteiger partial charge in [0.1, 0.15) is 0 Å². The van der Waals surface area contributed by atoms with Crippen molar-refractivity contribution in [2.24, 2.45) is 5.41 Å². The third-order valence-electron chi connectivity index (χ3n) is 3.62. The maximum Gasteiger partial charge on any atom is 0.166 e. The van der Waals surface area contributed by atoms with E-state index in [4.69, 9.17) is 11.6 Å². The van der Waals surface area contributed by atoms with E-state index < -0.39 is 0 Å². The number of Topliss-reactive ketones (excluding diaryl/α,β-unsaturated/α-hetero) is 1. The van der Waals surface area contributed by atoms with Crippen LogP contribution in [0.3, 0.4) is 0 Å². The minimum Gasteiger partial charge on any atom is -0.294 e. The van der Waals surface area contributed by atoms with E-state index in [2.05, 4.69) is 39.7 Å². The van der Waals surface area contributed by atoms with Crippen molar-refractivity contribution < 1.29 is 4.79 Å². The van der Waals surface area contributed by atoms with Crippen LogP contribution in [0.15, 0.2) is 28.9 Å². The topological polar surface area (TPSA) is 42.9 Å². The SMILES string of the molecule is CC1(C)CC(=O)c2cnc(-c3cc(Cl)ccc3Br)nc2C1. The Bertz CT molecular complexity index is 743. The number of benzene rings is 1. The largest absolute Gasteiger partial charge is 0.294 e. The Balaban J connectivity index is 2.11. The van der Waals surface area contributed by atoms with E-state index in [-0.39, 0.29) is 11.2 Å². The van der Waals surface area contributed by atoms with E-state index in [0.29, 0.717) is 22.8 Å². The van der Waals surface area contributed by atoms with Crippen LogP contribution in [-0.4, -0.2) is 15.8 Å². The second-order valence-electron chi connectivity index (χ2n) is 6.12. The van der Waals surface area contributed by atoms with Crippen molar-refractivity contribution in [2.45, 2.75) is 26.7 Å². The maximum atomic E-state index is 12.2. The third-order valence-corrected chi connectivity index (χ3v) is 4.55. The van der Waals surface area contributed by atoms with E-state index in [9.17, 15) is 4.79 Å². The zero-order valence-corrected chi connectivity index (χ0v) is 14.1. The van der Waals surface area contributed by atoms with E-state index in [0.717, 1.165) is 22.2 Å². The minimum atomic E-state index is -0.0543. The standard InChI is InChI=1S/C16H14BrClN2O/c1-16(2)6-13-11(14(21)7-16)8-19-15(20-13)10-5-9(18)3-4-12(10)17/h3-5,8H,6-7H2,1-2H3. The Morgan fingerprint density at radius 1 is 1.24 bits per heavy atom. The molecule has 2 aromatic rings. The van der Waals surface area contributed by atoms with Crippen molar-refractivity contribution in [3.8, 4) is 11.4 Å². The summed E-state index contributed by atoms with van der Waals surface area (Å²) in [5.41, 5.74) is 2.26. The fraction of sp³-hybridized carbons (Fsp3) is 0.312. The van der Waals surface area contributed by atoms with Gasteiger partial charge in [0.2, 0.25) is 0 Å². The van der Waals surface area contributed by atoms with Gasteiger partial charge in [0.15, 0.2) is 11.6 Å². The predicted octanol–water partition coefficient (Wildman–Crippen LogP) is 4.71. The molecule has 0 saturated carbocycles. The number of carbonyl (C=O) groups excluding carboxylic acids is 1. The number of aromatic nitrogens is 2. The van der Waals surface area contributed by atoms with Crippen molar-refractivity contribution >= 4 is 33.3 Å². The lowest BCUT2D eigenvalue weighted by Gasteiger charge is -2.29. The number of halogens is 2. The van der Waals surface area contributed by atoms with Crippen molar-refractivity contribution in [1.82, 2.24) is 9.97 Å². The first kappa shape index (κ1) is 14.7. The molecule has 0 saturated heterocycles. The van der Waals surface area contributed by atoms with Crippen molar-refractivity contribution in [3.05, 3.63) is 45.1 Å². The zero-order valence-electron chi connectivity index (χ0n) is 11.8. The molecule has 1 aliphatic rings. The Morgan fingerprint density at radius 2 is 2.00 bits per heavy atom. The molecule has 0 unspecified atom stereocenters. The van der Waals surface area contributed by atoms with Crippen LogP contribution in [-0.2, 0) is 6.42 Å². The van der Waals surface area contributed by atoms with E-state index in [1.165, 1.54) is 0 Å². The number of carbonyl (C=O) groups is 1. The second-order valence-corrected chi connectivity index (χ2v) is 7.41. The van der Waals surface area contributed by atoms with Gasteiger partial charge in [-0.2, -0.15) is 0 Å². The lowest BCUT2D eigenvalue weighted by molar-refractivity contribution is 0.0910. The molecular weight excluding hydrogens is 352 g/mol. The fourth-order valence-electron chi connectivity index (χ4n) is 2.63. The molecular formula is C16H14BrClN2O. The molecule has 0 fully saturated rings. The average Bonchev–Trinajstić information content (AvgIpc) is 2.39. The first-order valence-electron chi connectivity index (χ1n) is 6.70.